The van der Waals surface area contributed by atoms with Gasteiger partial charge in [-0.3, -0.25) is 0 Å². The van der Waals surface area contributed by atoms with E-state index in [1.807, 2.05) is 13.0 Å². The molecule has 0 amide bonds. The lowest BCUT2D eigenvalue weighted by Crippen LogP contribution is -2.38. The summed E-state index contributed by atoms with van der Waals surface area (Å²) in [5.41, 5.74) is 7.18. The topological polar surface area (TPSA) is 47.7 Å². The molecule has 1 rings (SSSR count). The number of nitrogens with zero attached hydrogens (tertiary/aromatic N) is 1. The Bertz CT molecular complexity index is 388. The molecule has 5 heteroatoms. The molecule has 0 saturated carbocycles. The van der Waals surface area contributed by atoms with E-state index in [0.717, 1.165) is 11.3 Å². The second-order valence-electron chi connectivity index (χ2n) is 4.51. The van der Waals surface area contributed by atoms with Gasteiger partial charge >= 0.3 is 0 Å². The van der Waals surface area contributed by atoms with Crippen LogP contribution in [0.3, 0.4) is 0 Å². The summed E-state index contributed by atoms with van der Waals surface area (Å²) < 4.78 is 23.9. The van der Waals surface area contributed by atoms with Crippen molar-refractivity contribution in [1.29, 1.82) is 0 Å². The number of methoxy groups -OCH3 is 2. The molecule has 1 aromatic rings. The number of rotatable bonds is 8. The van der Waals surface area contributed by atoms with Gasteiger partial charge in [-0.1, -0.05) is 0 Å². The zero-order valence-corrected chi connectivity index (χ0v) is 11.9. The van der Waals surface area contributed by atoms with Gasteiger partial charge in [0.15, 0.2) is 0 Å². The third-order valence-electron chi connectivity index (χ3n) is 2.99. The van der Waals surface area contributed by atoms with Gasteiger partial charge in [-0.25, -0.2) is 4.39 Å². The summed E-state index contributed by atoms with van der Waals surface area (Å²) in [6.07, 6.45) is 0. The van der Waals surface area contributed by atoms with Crippen LogP contribution in [-0.4, -0.2) is 40.0 Å². The molecule has 0 aliphatic rings. The predicted octanol–water partition coefficient (Wildman–Crippen LogP) is 1.77. The molecular formula is C14H23FN2O2. The second-order valence-corrected chi connectivity index (χ2v) is 4.51. The Kier molecular flexibility index (Phi) is 6.77. The van der Waals surface area contributed by atoms with Crippen LogP contribution >= 0.6 is 0 Å². The van der Waals surface area contributed by atoms with Crippen LogP contribution in [0.15, 0.2) is 18.2 Å². The van der Waals surface area contributed by atoms with Gasteiger partial charge in [0.1, 0.15) is 5.82 Å². The quantitative estimate of drug-likeness (QED) is 0.782. The largest absolute Gasteiger partial charge is 0.383 e. The maximum absolute atomic E-state index is 13.6. The summed E-state index contributed by atoms with van der Waals surface area (Å²) in [6.45, 7) is 4.17. The minimum absolute atomic E-state index is 0.132. The smallest absolute Gasteiger partial charge is 0.125 e. The van der Waals surface area contributed by atoms with Crippen LogP contribution < -0.4 is 10.6 Å². The van der Waals surface area contributed by atoms with Crippen molar-refractivity contribution < 1.29 is 13.9 Å². The van der Waals surface area contributed by atoms with Crippen LogP contribution in [0.5, 0.6) is 0 Å². The lowest BCUT2D eigenvalue weighted by Gasteiger charge is -2.31. The van der Waals surface area contributed by atoms with E-state index in [1.165, 1.54) is 12.1 Å². The summed E-state index contributed by atoms with van der Waals surface area (Å²) >= 11 is 0. The molecule has 0 radical (unpaired) electrons. The van der Waals surface area contributed by atoms with Gasteiger partial charge in [0.2, 0.25) is 0 Å². The Morgan fingerprint density at radius 1 is 1.26 bits per heavy atom. The third kappa shape index (κ3) is 4.78. The number of nitrogens with two attached hydrogens (primary N) is 1. The molecule has 0 saturated heterocycles. The highest BCUT2D eigenvalue weighted by molar-refractivity contribution is 5.50. The van der Waals surface area contributed by atoms with Crippen LogP contribution in [0.4, 0.5) is 10.1 Å². The molecule has 19 heavy (non-hydrogen) atoms. The summed E-state index contributed by atoms with van der Waals surface area (Å²) in [6, 6.07) is 5.01. The first-order chi connectivity index (χ1) is 9.12. The minimum Gasteiger partial charge on any atom is -0.383 e. The Hall–Kier alpha value is -1.17. The number of halogens is 1. The van der Waals surface area contributed by atoms with E-state index in [2.05, 4.69) is 4.90 Å². The Labute approximate surface area is 114 Å². The van der Waals surface area contributed by atoms with Crippen molar-refractivity contribution in [2.45, 2.75) is 19.5 Å². The maximum Gasteiger partial charge on any atom is 0.125 e. The zero-order valence-electron chi connectivity index (χ0n) is 11.9. The van der Waals surface area contributed by atoms with E-state index < -0.39 is 0 Å². The van der Waals surface area contributed by atoms with E-state index >= 15 is 0 Å². The van der Waals surface area contributed by atoms with E-state index in [1.54, 1.807) is 14.2 Å². The Balaban J connectivity index is 2.97. The first-order valence-electron chi connectivity index (χ1n) is 6.36. The molecule has 0 heterocycles. The average Bonchev–Trinajstić information content (AvgIpc) is 2.39. The predicted molar refractivity (Wildman–Crippen MR) is 74.9 cm³/mol. The molecule has 1 aromatic carbocycles. The lowest BCUT2D eigenvalue weighted by molar-refractivity contribution is 0.171. The van der Waals surface area contributed by atoms with Crippen molar-refractivity contribution in [3.63, 3.8) is 0 Å². The molecule has 4 nitrogen and oxygen atoms in total. The molecule has 1 atom stereocenters. The van der Waals surface area contributed by atoms with Gasteiger partial charge in [0.05, 0.1) is 13.2 Å². The molecule has 0 spiro atoms. The van der Waals surface area contributed by atoms with Gasteiger partial charge in [0.25, 0.3) is 0 Å². The molecule has 0 bridgehead atoms. The van der Waals surface area contributed by atoms with Gasteiger partial charge < -0.3 is 20.1 Å². The van der Waals surface area contributed by atoms with Crippen molar-refractivity contribution in [3.05, 3.63) is 29.6 Å². The highest BCUT2D eigenvalue weighted by atomic mass is 19.1. The number of hydrogen-bond acceptors (Lipinski definition) is 4. The molecule has 108 valence electrons. The second kappa shape index (κ2) is 8.09. The van der Waals surface area contributed by atoms with Crippen LogP contribution in [0.2, 0.25) is 0 Å². The Morgan fingerprint density at radius 3 is 2.58 bits per heavy atom. The van der Waals surface area contributed by atoms with Crippen molar-refractivity contribution in [2.75, 3.05) is 38.9 Å². The standard InChI is InChI=1S/C14H23FN2O2/c1-11(10-19-3)17(4-5-18-2)14-7-12(9-16)6-13(15)8-14/h6-8,11H,4-5,9-10,16H2,1-3H3. The summed E-state index contributed by atoms with van der Waals surface area (Å²) in [5.74, 6) is -0.273. The maximum atomic E-state index is 13.6. The number of anilines is 1. The third-order valence-corrected chi connectivity index (χ3v) is 2.99. The molecule has 0 fully saturated rings. The number of hydrogen-bond donors (Lipinski definition) is 1. The zero-order chi connectivity index (χ0) is 14.3. The number of ether oxygens (including phenoxy) is 2. The molecule has 1 unspecified atom stereocenters. The van der Waals surface area contributed by atoms with Crippen LogP contribution in [0.1, 0.15) is 12.5 Å². The lowest BCUT2D eigenvalue weighted by atomic mass is 10.1. The van der Waals surface area contributed by atoms with Gasteiger partial charge in [-0.15, -0.1) is 0 Å². The fourth-order valence-corrected chi connectivity index (χ4v) is 2.04. The van der Waals surface area contributed by atoms with Crippen molar-refractivity contribution >= 4 is 5.69 Å². The number of benzene rings is 1. The van der Waals surface area contributed by atoms with Crippen molar-refractivity contribution in [1.82, 2.24) is 0 Å². The highest BCUT2D eigenvalue weighted by Crippen LogP contribution is 2.21. The fraction of sp³-hybridized carbons (Fsp3) is 0.571. The van der Waals surface area contributed by atoms with E-state index in [9.17, 15) is 4.39 Å². The summed E-state index contributed by atoms with van der Waals surface area (Å²) in [4.78, 5) is 2.06. The van der Waals surface area contributed by atoms with E-state index in [-0.39, 0.29) is 11.9 Å². The van der Waals surface area contributed by atoms with E-state index in [0.29, 0.717) is 26.3 Å². The molecule has 0 aromatic heterocycles. The average molecular weight is 270 g/mol. The van der Waals surface area contributed by atoms with Crippen molar-refractivity contribution in [3.8, 4) is 0 Å². The first kappa shape index (κ1) is 15.9. The monoisotopic (exact) mass is 270 g/mol. The molecule has 0 aliphatic heterocycles. The SMILES string of the molecule is COCCN(c1cc(F)cc(CN)c1)C(C)COC. The normalized spacial score (nSPS) is 12.5. The molecular weight excluding hydrogens is 247 g/mol. The highest BCUT2D eigenvalue weighted by Gasteiger charge is 2.15. The molecule has 2 N–H and O–H groups in total. The van der Waals surface area contributed by atoms with Crippen molar-refractivity contribution in [2.24, 2.45) is 5.73 Å². The molecule has 0 aliphatic carbocycles. The van der Waals surface area contributed by atoms with Gasteiger partial charge in [0, 0.05) is 39.0 Å². The summed E-state index contributed by atoms with van der Waals surface area (Å²) in [5, 5.41) is 0. The Morgan fingerprint density at radius 2 is 2.00 bits per heavy atom. The summed E-state index contributed by atoms with van der Waals surface area (Å²) in [7, 11) is 3.30. The minimum atomic E-state index is -0.273. The van der Waals surface area contributed by atoms with Crippen LogP contribution in [0.25, 0.3) is 0 Å². The van der Waals surface area contributed by atoms with Gasteiger partial charge in [-0.05, 0) is 30.7 Å². The van der Waals surface area contributed by atoms with Gasteiger partial charge in [-0.2, -0.15) is 0 Å². The van der Waals surface area contributed by atoms with Crippen LogP contribution in [-0.2, 0) is 16.0 Å². The first-order valence-corrected chi connectivity index (χ1v) is 6.36. The van der Waals surface area contributed by atoms with E-state index in [4.69, 9.17) is 15.2 Å². The van der Waals surface area contributed by atoms with Crippen LogP contribution in [0, 0.1) is 5.82 Å². The fourth-order valence-electron chi connectivity index (χ4n) is 2.04.